The lowest BCUT2D eigenvalue weighted by Gasteiger charge is -2.11. The molecule has 0 atom stereocenters. The molecule has 0 amide bonds. The van der Waals surface area contributed by atoms with Crippen LogP contribution in [0.1, 0.15) is 24.5 Å². The van der Waals surface area contributed by atoms with E-state index >= 15 is 0 Å². The van der Waals surface area contributed by atoms with E-state index in [0.29, 0.717) is 16.9 Å². The van der Waals surface area contributed by atoms with E-state index in [1.807, 2.05) is 38.1 Å². The van der Waals surface area contributed by atoms with Crippen molar-refractivity contribution in [2.24, 2.45) is 4.99 Å². The van der Waals surface area contributed by atoms with E-state index in [4.69, 9.17) is 16.3 Å². The van der Waals surface area contributed by atoms with Crippen LogP contribution >= 0.6 is 11.6 Å². The number of hydrogen-bond donors (Lipinski definition) is 1. The van der Waals surface area contributed by atoms with E-state index in [1.54, 1.807) is 29.3 Å². The summed E-state index contributed by atoms with van der Waals surface area (Å²) in [7, 11) is 0. The third-order valence-corrected chi connectivity index (χ3v) is 4.11. The van der Waals surface area contributed by atoms with Gasteiger partial charge in [-0.1, -0.05) is 24.6 Å². The third kappa shape index (κ3) is 4.86. The number of aliphatic imine (C=N–C) groups is 1. The largest absolute Gasteiger partial charge is 0.437 e. The molecule has 0 unspecified atom stereocenters. The SMILES string of the molecule is CCCN=CNc1cc(C)c(Oc2ccn(-c3cccc(Cl)n3)n2)cc1C. The van der Waals surface area contributed by atoms with Gasteiger partial charge in [-0.15, -0.1) is 5.10 Å². The minimum absolute atomic E-state index is 0.419. The maximum absolute atomic E-state index is 5.97. The number of halogens is 1. The van der Waals surface area contributed by atoms with Gasteiger partial charge < -0.3 is 10.1 Å². The number of pyridine rings is 1. The minimum atomic E-state index is 0.419. The van der Waals surface area contributed by atoms with Gasteiger partial charge in [0.15, 0.2) is 5.82 Å². The second-order valence-corrected chi connectivity index (χ2v) is 6.52. The van der Waals surface area contributed by atoms with Crippen LogP contribution in [0.2, 0.25) is 5.15 Å². The average Bonchev–Trinajstić information content (AvgIpc) is 3.11. The molecule has 7 heteroatoms. The Hall–Kier alpha value is -2.86. The summed E-state index contributed by atoms with van der Waals surface area (Å²) in [5.41, 5.74) is 3.07. The highest BCUT2D eigenvalue weighted by Crippen LogP contribution is 2.29. The molecule has 140 valence electrons. The maximum Gasteiger partial charge on any atom is 0.238 e. The summed E-state index contributed by atoms with van der Waals surface area (Å²) in [6, 6.07) is 11.2. The molecule has 3 rings (SSSR count). The fourth-order valence-electron chi connectivity index (χ4n) is 2.49. The summed E-state index contributed by atoms with van der Waals surface area (Å²) in [6.45, 7) is 6.94. The molecule has 1 N–H and O–H groups in total. The summed E-state index contributed by atoms with van der Waals surface area (Å²) in [4.78, 5) is 8.53. The van der Waals surface area contributed by atoms with Crippen molar-refractivity contribution in [1.82, 2.24) is 14.8 Å². The number of anilines is 1. The highest BCUT2D eigenvalue weighted by molar-refractivity contribution is 6.29. The van der Waals surface area contributed by atoms with Crippen molar-refractivity contribution in [1.29, 1.82) is 0 Å². The van der Waals surface area contributed by atoms with Gasteiger partial charge in [0.25, 0.3) is 0 Å². The van der Waals surface area contributed by atoms with Crippen LogP contribution < -0.4 is 10.1 Å². The molecule has 0 saturated heterocycles. The minimum Gasteiger partial charge on any atom is -0.437 e. The molecular weight excluding hydrogens is 362 g/mol. The topological polar surface area (TPSA) is 64.3 Å². The number of nitrogens with one attached hydrogen (secondary N) is 1. The van der Waals surface area contributed by atoms with Crippen LogP contribution in [0.4, 0.5) is 5.69 Å². The van der Waals surface area contributed by atoms with Gasteiger partial charge in [-0.2, -0.15) is 0 Å². The molecule has 2 aromatic heterocycles. The number of ether oxygens (including phenoxy) is 1. The number of hydrogen-bond acceptors (Lipinski definition) is 4. The van der Waals surface area contributed by atoms with E-state index < -0.39 is 0 Å². The first-order valence-corrected chi connectivity index (χ1v) is 9.17. The fraction of sp³-hybridized carbons (Fsp3) is 0.250. The molecule has 0 spiro atoms. The summed E-state index contributed by atoms with van der Waals surface area (Å²) in [5.74, 6) is 1.88. The molecule has 2 heterocycles. The molecule has 0 bridgehead atoms. The third-order valence-electron chi connectivity index (χ3n) is 3.90. The standard InChI is InChI=1S/C20H22ClN5O/c1-4-9-22-13-23-16-11-15(3)17(12-14(16)2)27-20-8-10-26(25-20)19-7-5-6-18(21)24-19/h5-8,10-13H,4,9H2,1-3H3,(H,22,23). The summed E-state index contributed by atoms with van der Waals surface area (Å²) >= 11 is 5.94. The number of aromatic nitrogens is 3. The monoisotopic (exact) mass is 383 g/mol. The Morgan fingerprint density at radius 3 is 2.85 bits per heavy atom. The first-order chi connectivity index (χ1) is 13.1. The Morgan fingerprint density at radius 2 is 2.07 bits per heavy atom. The molecule has 3 aromatic rings. The number of aryl methyl sites for hydroxylation is 2. The van der Waals surface area contributed by atoms with Crippen LogP contribution in [-0.2, 0) is 0 Å². The van der Waals surface area contributed by atoms with E-state index in [9.17, 15) is 0 Å². The molecule has 0 aliphatic heterocycles. The molecule has 0 aliphatic rings. The Balaban J connectivity index is 1.75. The molecule has 0 radical (unpaired) electrons. The van der Waals surface area contributed by atoms with E-state index in [-0.39, 0.29) is 0 Å². The smallest absolute Gasteiger partial charge is 0.238 e. The van der Waals surface area contributed by atoms with Crippen LogP contribution in [0, 0.1) is 13.8 Å². The molecule has 0 fully saturated rings. The normalized spacial score (nSPS) is 11.1. The van der Waals surface area contributed by atoms with Gasteiger partial charge >= 0.3 is 0 Å². The van der Waals surface area contributed by atoms with Crippen molar-refractivity contribution in [3.63, 3.8) is 0 Å². The zero-order chi connectivity index (χ0) is 19.2. The van der Waals surface area contributed by atoms with Crippen molar-refractivity contribution < 1.29 is 4.74 Å². The van der Waals surface area contributed by atoms with E-state index in [2.05, 4.69) is 27.3 Å². The molecule has 27 heavy (non-hydrogen) atoms. The van der Waals surface area contributed by atoms with E-state index in [0.717, 1.165) is 35.5 Å². The van der Waals surface area contributed by atoms with Gasteiger partial charge in [0, 0.05) is 24.5 Å². The first-order valence-electron chi connectivity index (χ1n) is 8.79. The second-order valence-electron chi connectivity index (χ2n) is 6.13. The zero-order valence-corrected chi connectivity index (χ0v) is 16.4. The summed E-state index contributed by atoms with van der Waals surface area (Å²) in [6.07, 6.45) is 4.56. The summed E-state index contributed by atoms with van der Waals surface area (Å²) in [5, 5.41) is 8.06. The average molecular weight is 384 g/mol. The molecule has 0 saturated carbocycles. The van der Waals surface area contributed by atoms with Gasteiger partial charge in [0.2, 0.25) is 5.88 Å². The predicted octanol–water partition coefficient (Wildman–Crippen LogP) is 5.18. The molecule has 0 aliphatic carbocycles. The maximum atomic E-state index is 5.97. The van der Waals surface area contributed by atoms with Gasteiger partial charge in [-0.25, -0.2) is 9.67 Å². The Morgan fingerprint density at radius 1 is 1.22 bits per heavy atom. The van der Waals surface area contributed by atoms with Crippen molar-refractivity contribution in [2.75, 3.05) is 11.9 Å². The lowest BCUT2D eigenvalue weighted by atomic mass is 10.1. The molecule has 1 aromatic carbocycles. The first kappa shape index (κ1) is 18.9. The van der Waals surface area contributed by atoms with Gasteiger partial charge in [-0.05, 0) is 55.7 Å². The van der Waals surface area contributed by atoms with Gasteiger partial charge in [0.1, 0.15) is 10.9 Å². The van der Waals surface area contributed by atoms with Crippen molar-refractivity contribution in [3.05, 3.63) is 58.9 Å². The van der Waals surface area contributed by atoms with Crippen LogP contribution in [-0.4, -0.2) is 27.6 Å². The van der Waals surface area contributed by atoms with Crippen molar-refractivity contribution in [3.8, 4) is 17.4 Å². The predicted molar refractivity (Wildman–Crippen MR) is 110 cm³/mol. The Bertz CT molecular complexity index is 951. The van der Waals surface area contributed by atoms with Crippen molar-refractivity contribution in [2.45, 2.75) is 27.2 Å². The molecule has 6 nitrogen and oxygen atoms in total. The van der Waals surface area contributed by atoms with Crippen LogP contribution in [0.5, 0.6) is 11.6 Å². The van der Waals surface area contributed by atoms with Gasteiger partial charge in [-0.3, -0.25) is 4.99 Å². The number of benzene rings is 1. The number of nitrogens with zero attached hydrogens (tertiary/aromatic N) is 4. The Kier molecular flexibility index (Phi) is 6.08. The van der Waals surface area contributed by atoms with Gasteiger partial charge in [0.05, 0.1) is 6.34 Å². The van der Waals surface area contributed by atoms with Crippen LogP contribution in [0.3, 0.4) is 0 Å². The second kappa shape index (κ2) is 8.68. The number of rotatable bonds is 7. The quantitative estimate of drug-likeness (QED) is 0.347. The highest BCUT2D eigenvalue weighted by Gasteiger charge is 2.09. The van der Waals surface area contributed by atoms with Crippen molar-refractivity contribution >= 4 is 23.6 Å². The fourth-order valence-corrected chi connectivity index (χ4v) is 2.65. The summed E-state index contributed by atoms with van der Waals surface area (Å²) < 4.78 is 7.59. The Labute approximate surface area is 163 Å². The zero-order valence-electron chi connectivity index (χ0n) is 15.6. The van der Waals surface area contributed by atoms with Crippen LogP contribution in [0.25, 0.3) is 5.82 Å². The van der Waals surface area contributed by atoms with Crippen LogP contribution in [0.15, 0.2) is 47.6 Å². The lowest BCUT2D eigenvalue weighted by molar-refractivity contribution is 0.453. The lowest BCUT2D eigenvalue weighted by Crippen LogP contribution is -2.00. The van der Waals surface area contributed by atoms with E-state index in [1.165, 1.54) is 0 Å². The molecular formula is C20H22ClN5O. The highest BCUT2D eigenvalue weighted by atomic mass is 35.5.